The van der Waals surface area contributed by atoms with Crippen LogP contribution in [0.4, 0.5) is 0 Å². The minimum absolute atomic E-state index is 0.0340. The molecule has 0 saturated carbocycles. The molecule has 0 aromatic rings. The predicted molar refractivity (Wildman–Crippen MR) is 50.1 cm³/mol. The smallest absolute Gasteiger partial charge is 0.275 e. The number of unbranched alkanes of at least 4 members (excludes halogenated alkanes) is 3. The standard InChI is InChI=1S/C10H18O3/c1-2-3-4-5-6-10-12-8-9(7-11)13-10/h6,9,11H,2-5,7-8H2,1H3. The van der Waals surface area contributed by atoms with E-state index < -0.39 is 0 Å². The van der Waals surface area contributed by atoms with Crippen LogP contribution < -0.4 is 0 Å². The lowest BCUT2D eigenvalue weighted by Crippen LogP contribution is -2.13. The van der Waals surface area contributed by atoms with E-state index in [4.69, 9.17) is 14.6 Å². The summed E-state index contributed by atoms with van der Waals surface area (Å²) >= 11 is 0. The molecule has 1 heterocycles. The van der Waals surface area contributed by atoms with Crippen LogP contribution in [0.25, 0.3) is 0 Å². The first-order valence-electron chi connectivity index (χ1n) is 4.97. The van der Waals surface area contributed by atoms with Crippen molar-refractivity contribution in [2.75, 3.05) is 13.2 Å². The molecular weight excluding hydrogens is 168 g/mol. The van der Waals surface area contributed by atoms with E-state index in [2.05, 4.69) is 6.92 Å². The first-order chi connectivity index (χ1) is 6.36. The van der Waals surface area contributed by atoms with Gasteiger partial charge in [0.1, 0.15) is 6.61 Å². The van der Waals surface area contributed by atoms with Crippen LogP contribution in [0.3, 0.4) is 0 Å². The Bertz CT molecular complexity index is 166. The predicted octanol–water partition coefficient (Wildman–Crippen LogP) is 1.82. The van der Waals surface area contributed by atoms with Crippen LogP contribution in [0.5, 0.6) is 0 Å². The molecule has 0 radical (unpaired) electrons. The number of aliphatic hydroxyl groups excluding tert-OH is 1. The van der Waals surface area contributed by atoms with Crippen molar-refractivity contribution in [2.45, 2.75) is 38.7 Å². The molecule has 1 unspecified atom stereocenters. The molecular formula is C10H18O3. The van der Waals surface area contributed by atoms with E-state index >= 15 is 0 Å². The van der Waals surface area contributed by atoms with Crippen LogP contribution >= 0.6 is 0 Å². The second-order valence-electron chi connectivity index (χ2n) is 3.25. The number of allylic oxidation sites excluding steroid dienone is 1. The molecule has 3 nitrogen and oxygen atoms in total. The van der Waals surface area contributed by atoms with Gasteiger partial charge in [-0.25, -0.2) is 0 Å². The molecule has 1 atom stereocenters. The van der Waals surface area contributed by atoms with Gasteiger partial charge in [0.25, 0.3) is 5.95 Å². The van der Waals surface area contributed by atoms with E-state index in [9.17, 15) is 0 Å². The number of hydrogen-bond donors (Lipinski definition) is 1. The molecule has 3 heteroatoms. The topological polar surface area (TPSA) is 38.7 Å². The van der Waals surface area contributed by atoms with Crippen LogP contribution in [0.2, 0.25) is 0 Å². The van der Waals surface area contributed by atoms with Gasteiger partial charge in [0.15, 0.2) is 6.10 Å². The van der Waals surface area contributed by atoms with Crippen molar-refractivity contribution in [2.24, 2.45) is 0 Å². The molecule has 13 heavy (non-hydrogen) atoms. The molecule has 0 aromatic carbocycles. The first kappa shape index (κ1) is 10.4. The summed E-state index contributed by atoms with van der Waals surface area (Å²) in [6.45, 7) is 2.69. The van der Waals surface area contributed by atoms with Crippen molar-refractivity contribution in [3.63, 3.8) is 0 Å². The summed E-state index contributed by atoms with van der Waals surface area (Å²) in [4.78, 5) is 0. The minimum Gasteiger partial charge on any atom is -0.462 e. The zero-order valence-electron chi connectivity index (χ0n) is 8.16. The van der Waals surface area contributed by atoms with Crippen LogP contribution in [0, 0.1) is 0 Å². The summed E-state index contributed by atoms with van der Waals surface area (Å²) in [5.74, 6) is 0.593. The van der Waals surface area contributed by atoms with Crippen LogP contribution in [-0.2, 0) is 9.47 Å². The monoisotopic (exact) mass is 186 g/mol. The Balaban J connectivity index is 2.13. The van der Waals surface area contributed by atoms with Crippen molar-refractivity contribution in [1.82, 2.24) is 0 Å². The normalized spacial score (nSPS) is 24.5. The summed E-state index contributed by atoms with van der Waals surface area (Å²) in [5, 5.41) is 8.76. The maximum Gasteiger partial charge on any atom is 0.275 e. The van der Waals surface area contributed by atoms with Gasteiger partial charge in [-0.3, -0.25) is 0 Å². The van der Waals surface area contributed by atoms with E-state index in [0.717, 1.165) is 6.42 Å². The van der Waals surface area contributed by atoms with Crippen molar-refractivity contribution in [1.29, 1.82) is 0 Å². The fraction of sp³-hybridized carbons (Fsp3) is 0.800. The van der Waals surface area contributed by atoms with Gasteiger partial charge in [-0.1, -0.05) is 19.8 Å². The Hall–Kier alpha value is -0.700. The summed E-state index contributed by atoms with van der Waals surface area (Å²) in [5.41, 5.74) is 0. The van der Waals surface area contributed by atoms with E-state index in [1.165, 1.54) is 19.3 Å². The zero-order valence-corrected chi connectivity index (χ0v) is 8.16. The lowest BCUT2D eigenvalue weighted by molar-refractivity contribution is 0.0925. The molecule has 1 saturated heterocycles. The quantitative estimate of drug-likeness (QED) is 0.665. The first-order valence-corrected chi connectivity index (χ1v) is 4.97. The van der Waals surface area contributed by atoms with Gasteiger partial charge >= 0.3 is 0 Å². The summed E-state index contributed by atoms with van der Waals surface area (Å²) in [6, 6.07) is 0. The Morgan fingerprint density at radius 3 is 3.00 bits per heavy atom. The highest BCUT2D eigenvalue weighted by molar-refractivity contribution is 4.89. The summed E-state index contributed by atoms with van der Waals surface area (Å²) in [6.07, 6.45) is 6.46. The van der Waals surface area contributed by atoms with E-state index in [-0.39, 0.29) is 12.7 Å². The van der Waals surface area contributed by atoms with Crippen molar-refractivity contribution in [3.8, 4) is 0 Å². The maximum atomic E-state index is 8.76. The third kappa shape index (κ3) is 3.68. The summed E-state index contributed by atoms with van der Waals surface area (Å²) in [7, 11) is 0. The molecule has 1 N–H and O–H groups in total. The second-order valence-corrected chi connectivity index (χ2v) is 3.25. The van der Waals surface area contributed by atoms with Crippen LogP contribution in [0.15, 0.2) is 12.0 Å². The molecule has 0 aliphatic carbocycles. The number of aliphatic hydroxyl groups is 1. The lowest BCUT2D eigenvalue weighted by Gasteiger charge is -2.01. The van der Waals surface area contributed by atoms with Gasteiger partial charge in [-0.05, 0) is 18.9 Å². The third-order valence-corrected chi connectivity index (χ3v) is 2.02. The van der Waals surface area contributed by atoms with E-state index in [1.807, 2.05) is 6.08 Å². The second kappa shape index (κ2) is 5.86. The minimum atomic E-state index is -0.155. The van der Waals surface area contributed by atoms with Gasteiger partial charge in [-0.2, -0.15) is 0 Å². The molecule has 0 bridgehead atoms. The van der Waals surface area contributed by atoms with Gasteiger partial charge in [0.05, 0.1) is 6.61 Å². The Morgan fingerprint density at radius 1 is 1.54 bits per heavy atom. The molecule has 0 aromatic heterocycles. The highest BCUT2D eigenvalue weighted by Gasteiger charge is 2.20. The SMILES string of the molecule is CCCCCC=C1OCC(CO)O1. The molecule has 0 amide bonds. The van der Waals surface area contributed by atoms with Crippen LogP contribution in [0.1, 0.15) is 32.6 Å². The van der Waals surface area contributed by atoms with Gasteiger partial charge < -0.3 is 14.6 Å². The van der Waals surface area contributed by atoms with E-state index in [0.29, 0.717) is 12.6 Å². The fourth-order valence-electron chi connectivity index (χ4n) is 1.22. The highest BCUT2D eigenvalue weighted by Crippen LogP contribution is 2.15. The van der Waals surface area contributed by atoms with Gasteiger partial charge in [0.2, 0.25) is 0 Å². The Labute approximate surface area is 79.3 Å². The van der Waals surface area contributed by atoms with Crippen molar-refractivity contribution in [3.05, 3.63) is 12.0 Å². The molecule has 76 valence electrons. The molecule has 1 aliphatic rings. The number of hydrogen-bond acceptors (Lipinski definition) is 3. The Kier molecular flexibility index (Phi) is 4.68. The fourth-order valence-corrected chi connectivity index (χ4v) is 1.22. The summed E-state index contributed by atoms with van der Waals surface area (Å²) < 4.78 is 10.5. The van der Waals surface area contributed by atoms with Crippen LogP contribution in [-0.4, -0.2) is 24.4 Å². The number of ether oxygens (including phenoxy) is 2. The lowest BCUT2D eigenvalue weighted by atomic mass is 10.2. The largest absolute Gasteiger partial charge is 0.462 e. The molecule has 1 fully saturated rings. The molecule has 1 aliphatic heterocycles. The van der Waals surface area contributed by atoms with Gasteiger partial charge in [-0.15, -0.1) is 0 Å². The average molecular weight is 186 g/mol. The molecule has 0 spiro atoms. The molecule has 1 rings (SSSR count). The zero-order chi connectivity index (χ0) is 9.52. The van der Waals surface area contributed by atoms with Crippen molar-refractivity contribution >= 4 is 0 Å². The van der Waals surface area contributed by atoms with E-state index in [1.54, 1.807) is 0 Å². The maximum absolute atomic E-state index is 8.76. The van der Waals surface area contributed by atoms with Gasteiger partial charge in [0, 0.05) is 0 Å². The highest BCUT2D eigenvalue weighted by atomic mass is 16.7. The third-order valence-electron chi connectivity index (χ3n) is 2.02. The van der Waals surface area contributed by atoms with Crippen molar-refractivity contribution < 1.29 is 14.6 Å². The number of rotatable bonds is 5. The average Bonchev–Trinajstić information content (AvgIpc) is 2.60. The Morgan fingerprint density at radius 2 is 2.38 bits per heavy atom.